The molecule has 5 nitrogen and oxygen atoms in total. The number of halogens is 1. The Balaban J connectivity index is 2.89. The molecule has 0 fully saturated rings. The van der Waals surface area contributed by atoms with Crippen LogP contribution in [-0.2, 0) is 6.42 Å². The van der Waals surface area contributed by atoms with Crippen molar-refractivity contribution < 1.29 is 14.3 Å². The molecule has 0 bridgehead atoms. The van der Waals surface area contributed by atoms with E-state index in [9.17, 15) is 9.18 Å². The van der Waals surface area contributed by atoms with Crippen LogP contribution in [0.4, 0.5) is 9.18 Å². The average molecular weight is 283 g/mol. The predicted octanol–water partition coefficient (Wildman–Crippen LogP) is 3.32. The molecule has 0 atom stereocenters. The molecule has 1 heterocycles. The molecule has 0 aliphatic heterocycles. The molecule has 3 N–H and O–H groups in total. The van der Waals surface area contributed by atoms with Crippen LogP contribution < -0.4 is 5.32 Å². The number of carboxylic acid groups (broad SMARTS) is 1. The monoisotopic (exact) mass is 283 g/mol. The van der Waals surface area contributed by atoms with Crippen LogP contribution in [0.15, 0.2) is 11.9 Å². The molecular weight excluding hydrogens is 261 g/mol. The van der Waals surface area contributed by atoms with E-state index in [1.54, 1.807) is 0 Å². The molecule has 1 aromatic rings. The van der Waals surface area contributed by atoms with Gasteiger partial charge in [-0.1, -0.05) is 27.7 Å². The molecule has 6 heteroatoms. The molecule has 0 aliphatic carbocycles. The molecule has 1 amide bonds. The lowest BCUT2D eigenvalue weighted by atomic mass is 9.96. The topological polar surface area (TPSA) is 78.0 Å². The van der Waals surface area contributed by atoms with Gasteiger partial charge in [-0.05, 0) is 17.9 Å². The zero-order valence-corrected chi connectivity index (χ0v) is 12.3. The minimum atomic E-state index is -1.16. The lowest BCUT2D eigenvalue weighted by molar-refractivity contribution is 0.195. The highest BCUT2D eigenvalue weighted by atomic mass is 19.1. The fourth-order valence-electron chi connectivity index (χ4n) is 2.02. The quantitative estimate of drug-likeness (QED) is 0.749. The Labute approximate surface area is 118 Å². The number of hydrogen-bond acceptors (Lipinski definition) is 2. The fourth-order valence-corrected chi connectivity index (χ4v) is 2.02. The minimum absolute atomic E-state index is 0.0347. The maximum absolute atomic E-state index is 13.9. The highest BCUT2D eigenvalue weighted by Gasteiger charge is 2.18. The van der Waals surface area contributed by atoms with Crippen LogP contribution in [-0.4, -0.2) is 27.9 Å². The van der Waals surface area contributed by atoms with Gasteiger partial charge in [-0.3, -0.25) is 5.10 Å². The van der Waals surface area contributed by atoms with Gasteiger partial charge < -0.3 is 10.4 Å². The van der Waals surface area contributed by atoms with Crippen LogP contribution in [0.3, 0.4) is 0 Å². The Morgan fingerprint density at radius 1 is 1.40 bits per heavy atom. The van der Waals surface area contributed by atoms with Crippen LogP contribution in [0.2, 0.25) is 0 Å². The number of H-pyrrole nitrogens is 1. The smallest absolute Gasteiger partial charge is 0.404 e. The number of nitrogens with zero attached hydrogens (tertiary/aromatic N) is 1. The van der Waals surface area contributed by atoms with Gasteiger partial charge in [0.2, 0.25) is 0 Å². The summed E-state index contributed by atoms with van der Waals surface area (Å²) in [5, 5.41) is 17.8. The molecule has 0 aromatic carbocycles. The predicted molar refractivity (Wildman–Crippen MR) is 75.7 cm³/mol. The molecule has 0 saturated carbocycles. The van der Waals surface area contributed by atoms with Crippen LogP contribution >= 0.6 is 0 Å². The first-order valence-electron chi connectivity index (χ1n) is 6.71. The summed E-state index contributed by atoms with van der Waals surface area (Å²) in [6, 6.07) is 0. The van der Waals surface area contributed by atoms with E-state index >= 15 is 0 Å². The Bertz CT molecular complexity index is 467. The van der Waals surface area contributed by atoms with E-state index in [1.165, 1.54) is 6.08 Å². The van der Waals surface area contributed by atoms with Gasteiger partial charge in [-0.2, -0.15) is 5.10 Å². The summed E-state index contributed by atoms with van der Waals surface area (Å²) in [6.45, 7) is 8.03. The highest BCUT2D eigenvalue weighted by Crippen LogP contribution is 2.27. The second-order valence-electron chi connectivity index (χ2n) is 5.32. The molecule has 112 valence electrons. The number of hydrogen-bond donors (Lipinski definition) is 3. The number of rotatable bonds is 6. The standard InChI is InChI=1S/C14H22FN3O2/c1-8(2)12-11(13(9(3)4)18-17-12)7-10(15)5-6-16-14(19)20/h5,8-9,16H,6-7H2,1-4H3,(H,17,18)(H,19,20)/b10-5-. The minimum Gasteiger partial charge on any atom is -0.465 e. The lowest BCUT2D eigenvalue weighted by Crippen LogP contribution is -2.20. The third-order valence-corrected chi connectivity index (χ3v) is 2.98. The van der Waals surface area contributed by atoms with Crippen molar-refractivity contribution in [1.82, 2.24) is 15.5 Å². The molecule has 20 heavy (non-hydrogen) atoms. The molecule has 0 saturated heterocycles. The lowest BCUT2D eigenvalue weighted by Gasteiger charge is -2.09. The van der Waals surface area contributed by atoms with E-state index in [1.807, 2.05) is 27.7 Å². The molecule has 0 aliphatic rings. The van der Waals surface area contributed by atoms with Crippen LogP contribution in [0, 0.1) is 0 Å². The van der Waals surface area contributed by atoms with Gasteiger partial charge >= 0.3 is 6.09 Å². The van der Waals surface area contributed by atoms with Crippen LogP contribution in [0.25, 0.3) is 0 Å². The van der Waals surface area contributed by atoms with E-state index in [-0.39, 0.29) is 30.6 Å². The normalized spacial score (nSPS) is 12.2. The van der Waals surface area contributed by atoms with Gasteiger partial charge in [0.15, 0.2) is 0 Å². The largest absolute Gasteiger partial charge is 0.465 e. The number of nitrogens with one attached hydrogen (secondary N) is 2. The number of aromatic amines is 1. The van der Waals surface area contributed by atoms with Crippen molar-refractivity contribution in [2.75, 3.05) is 6.54 Å². The van der Waals surface area contributed by atoms with Gasteiger partial charge in [0.1, 0.15) is 5.83 Å². The second-order valence-corrected chi connectivity index (χ2v) is 5.32. The third kappa shape index (κ3) is 4.36. The number of carbonyl (C=O) groups is 1. The molecule has 1 aromatic heterocycles. The van der Waals surface area contributed by atoms with Crippen molar-refractivity contribution in [3.63, 3.8) is 0 Å². The Hall–Kier alpha value is -1.85. The first-order valence-corrected chi connectivity index (χ1v) is 6.71. The molecule has 1 rings (SSSR count). The van der Waals surface area contributed by atoms with E-state index in [0.29, 0.717) is 0 Å². The summed E-state index contributed by atoms with van der Waals surface area (Å²) in [5.41, 5.74) is 2.67. The summed E-state index contributed by atoms with van der Waals surface area (Å²) in [5.74, 6) is 0.0811. The summed E-state index contributed by atoms with van der Waals surface area (Å²) < 4.78 is 13.9. The van der Waals surface area contributed by atoms with Gasteiger partial charge in [-0.25, -0.2) is 9.18 Å². The SMILES string of the molecule is CC(C)c1n[nH]c(C(C)C)c1C/C(F)=C/CNC(=O)O. The molecule has 0 spiro atoms. The van der Waals surface area contributed by atoms with E-state index < -0.39 is 6.09 Å². The summed E-state index contributed by atoms with van der Waals surface area (Å²) >= 11 is 0. The molecule has 0 unspecified atom stereocenters. The Kier molecular flexibility index (Phi) is 5.73. The van der Waals surface area contributed by atoms with Crippen molar-refractivity contribution in [2.45, 2.75) is 46.0 Å². The van der Waals surface area contributed by atoms with Gasteiger partial charge in [0.05, 0.1) is 5.69 Å². The Morgan fingerprint density at radius 2 is 2.05 bits per heavy atom. The third-order valence-electron chi connectivity index (χ3n) is 2.98. The number of amides is 1. The van der Waals surface area contributed by atoms with Crippen molar-refractivity contribution in [2.24, 2.45) is 0 Å². The fraction of sp³-hybridized carbons (Fsp3) is 0.571. The summed E-state index contributed by atoms with van der Waals surface area (Å²) in [6.07, 6.45) is 0.219. The van der Waals surface area contributed by atoms with Crippen LogP contribution in [0.1, 0.15) is 56.5 Å². The number of aromatic nitrogens is 2. The Morgan fingerprint density at radius 3 is 2.55 bits per heavy atom. The molecular formula is C14H22FN3O2. The first-order chi connectivity index (χ1) is 9.32. The second kappa shape index (κ2) is 7.07. The number of allylic oxidation sites excluding steroid dienone is 1. The maximum atomic E-state index is 13.9. The van der Waals surface area contributed by atoms with Crippen molar-refractivity contribution in [1.29, 1.82) is 0 Å². The summed E-state index contributed by atoms with van der Waals surface area (Å²) in [7, 11) is 0. The zero-order valence-electron chi connectivity index (χ0n) is 12.3. The van der Waals surface area contributed by atoms with E-state index in [4.69, 9.17) is 5.11 Å². The zero-order chi connectivity index (χ0) is 15.3. The van der Waals surface area contributed by atoms with Gasteiger partial charge in [0.25, 0.3) is 0 Å². The van der Waals surface area contributed by atoms with Crippen molar-refractivity contribution in [3.05, 3.63) is 28.9 Å². The van der Waals surface area contributed by atoms with Gasteiger partial charge in [0, 0.05) is 24.2 Å². The first kappa shape index (κ1) is 16.2. The highest BCUT2D eigenvalue weighted by molar-refractivity contribution is 5.64. The van der Waals surface area contributed by atoms with Crippen molar-refractivity contribution >= 4 is 6.09 Å². The summed E-state index contributed by atoms with van der Waals surface area (Å²) in [4.78, 5) is 10.3. The van der Waals surface area contributed by atoms with Gasteiger partial charge in [-0.15, -0.1) is 0 Å². The molecule has 0 radical (unpaired) electrons. The maximum Gasteiger partial charge on any atom is 0.404 e. The van der Waals surface area contributed by atoms with Crippen LogP contribution in [0.5, 0.6) is 0 Å². The van der Waals surface area contributed by atoms with E-state index in [0.717, 1.165) is 17.0 Å². The van der Waals surface area contributed by atoms with E-state index in [2.05, 4.69) is 15.5 Å². The van der Waals surface area contributed by atoms with Crippen molar-refractivity contribution in [3.8, 4) is 0 Å². The average Bonchev–Trinajstić information content (AvgIpc) is 2.72.